The van der Waals surface area contributed by atoms with Gasteiger partial charge in [-0.3, -0.25) is 14.2 Å². The molecule has 0 aliphatic heterocycles. The van der Waals surface area contributed by atoms with E-state index in [1.54, 1.807) is 20.8 Å². The summed E-state index contributed by atoms with van der Waals surface area (Å²) in [4.78, 5) is 35.5. The van der Waals surface area contributed by atoms with Crippen LogP contribution in [0, 0.1) is 0 Å². The van der Waals surface area contributed by atoms with Crippen LogP contribution in [0.5, 0.6) is 0 Å². The first-order valence-electron chi connectivity index (χ1n) is 11.2. The van der Waals surface area contributed by atoms with E-state index in [0.29, 0.717) is 18.2 Å². The van der Waals surface area contributed by atoms with Gasteiger partial charge in [0.15, 0.2) is 5.16 Å². The molecule has 33 heavy (non-hydrogen) atoms. The summed E-state index contributed by atoms with van der Waals surface area (Å²) in [5.41, 5.74) is 3.11. The second-order valence-corrected chi connectivity index (χ2v) is 10.1. The van der Waals surface area contributed by atoms with Gasteiger partial charge in [-0.1, -0.05) is 60.3 Å². The standard InChI is InChI=1S/C26H25N3O2S2/c1-2-28(19-12-7-4-8-13-19)22(30)17-32-26-27-24-23(20-14-9-15-21(20)33-24)25(31)29(26)16-18-10-5-3-6-11-18/h3-8,10-13H,2,9,14-17H2,1H3. The van der Waals surface area contributed by atoms with Crippen LogP contribution in [0.2, 0.25) is 0 Å². The molecule has 0 radical (unpaired) electrons. The van der Waals surface area contributed by atoms with E-state index in [1.807, 2.05) is 67.6 Å². The van der Waals surface area contributed by atoms with Crippen molar-refractivity contribution in [2.75, 3.05) is 17.2 Å². The number of benzene rings is 2. The van der Waals surface area contributed by atoms with Crippen LogP contribution in [0.1, 0.15) is 29.3 Å². The number of para-hydroxylation sites is 1. The van der Waals surface area contributed by atoms with Crippen LogP contribution in [-0.4, -0.2) is 27.8 Å². The number of amides is 1. The first-order valence-corrected chi connectivity index (χ1v) is 13.0. The predicted molar refractivity (Wildman–Crippen MR) is 137 cm³/mol. The molecule has 2 heterocycles. The summed E-state index contributed by atoms with van der Waals surface area (Å²) in [7, 11) is 0. The first kappa shape index (κ1) is 21.9. The number of anilines is 1. The van der Waals surface area contributed by atoms with Crippen LogP contribution in [0.15, 0.2) is 70.6 Å². The van der Waals surface area contributed by atoms with Crippen LogP contribution in [0.25, 0.3) is 10.2 Å². The fourth-order valence-electron chi connectivity index (χ4n) is 4.39. The molecule has 5 rings (SSSR count). The molecule has 0 fully saturated rings. The lowest BCUT2D eigenvalue weighted by Gasteiger charge is -2.21. The van der Waals surface area contributed by atoms with Crippen molar-refractivity contribution in [2.24, 2.45) is 0 Å². The number of aromatic nitrogens is 2. The van der Waals surface area contributed by atoms with Gasteiger partial charge in [0.05, 0.1) is 17.7 Å². The maximum Gasteiger partial charge on any atom is 0.263 e. The van der Waals surface area contributed by atoms with Crippen molar-refractivity contribution in [2.45, 2.75) is 37.9 Å². The molecule has 1 amide bonds. The van der Waals surface area contributed by atoms with Gasteiger partial charge in [-0.25, -0.2) is 4.98 Å². The lowest BCUT2D eigenvalue weighted by Crippen LogP contribution is -2.32. The molecule has 1 aliphatic carbocycles. The SMILES string of the molecule is CCN(C(=O)CSc1nc2sc3c(c2c(=O)n1Cc1ccccc1)CCC3)c1ccccc1. The van der Waals surface area contributed by atoms with E-state index in [1.165, 1.54) is 22.2 Å². The van der Waals surface area contributed by atoms with Gasteiger partial charge in [0, 0.05) is 17.1 Å². The molecule has 0 atom stereocenters. The van der Waals surface area contributed by atoms with Crippen molar-refractivity contribution in [3.63, 3.8) is 0 Å². The van der Waals surface area contributed by atoms with Crippen LogP contribution in [0.3, 0.4) is 0 Å². The second-order valence-electron chi connectivity index (χ2n) is 8.07. The van der Waals surface area contributed by atoms with Gasteiger partial charge in [0.1, 0.15) is 4.83 Å². The zero-order valence-corrected chi connectivity index (χ0v) is 20.1. The Balaban J connectivity index is 1.49. The van der Waals surface area contributed by atoms with Gasteiger partial charge in [0.2, 0.25) is 5.91 Å². The summed E-state index contributed by atoms with van der Waals surface area (Å²) < 4.78 is 1.75. The Morgan fingerprint density at radius 3 is 2.55 bits per heavy atom. The van der Waals surface area contributed by atoms with Crippen molar-refractivity contribution in [1.82, 2.24) is 9.55 Å². The smallest absolute Gasteiger partial charge is 0.263 e. The Hall–Kier alpha value is -2.90. The number of carbonyl (C=O) groups is 1. The largest absolute Gasteiger partial charge is 0.312 e. The van der Waals surface area contributed by atoms with E-state index >= 15 is 0 Å². The van der Waals surface area contributed by atoms with Crippen molar-refractivity contribution < 1.29 is 4.79 Å². The topological polar surface area (TPSA) is 55.2 Å². The van der Waals surface area contributed by atoms with E-state index in [2.05, 4.69) is 0 Å². The van der Waals surface area contributed by atoms with Crippen molar-refractivity contribution in [3.05, 3.63) is 87.0 Å². The van der Waals surface area contributed by atoms with Crippen LogP contribution in [-0.2, 0) is 24.2 Å². The van der Waals surface area contributed by atoms with E-state index in [0.717, 1.165) is 40.7 Å². The van der Waals surface area contributed by atoms with Gasteiger partial charge in [-0.15, -0.1) is 11.3 Å². The van der Waals surface area contributed by atoms with E-state index in [4.69, 9.17) is 4.98 Å². The Kier molecular flexibility index (Phi) is 6.33. The maximum atomic E-state index is 13.7. The summed E-state index contributed by atoms with van der Waals surface area (Å²) in [5.74, 6) is 0.226. The van der Waals surface area contributed by atoms with Crippen LogP contribution < -0.4 is 10.5 Å². The highest BCUT2D eigenvalue weighted by Crippen LogP contribution is 2.35. The Labute approximate surface area is 201 Å². The summed E-state index contributed by atoms with van der Waals surface area (Å²) in [6.07, 6.45) is 3.08. The average molecular weight is 476 g/mol. The van der Waals surface area contributed by atoms with E-state index < -0.39 is 0 Å². The van der Waals surface area contributed by atoms with Gasteiger partial charge in [-0.05, 0) is 49.4 Å². The summed E-state index contributed by atoms with van der Waals surface area (Å²) in [6, 6.07) is 19.6. The number of fused-ring (bicyclic) bond motifs is 3. The highest BCUT2D eigenvalue weighted by molar-refractivity contribution is 7.99. The number of rotatable bonds is 7. The van der Waals surface area contributed by atoms with Crippen LogP contribution >= 0.6 is 23.1 Å². The summed E-state index contributed by atoms with van der Waals surface area (Å²) in [5, 5.41) is 1.38. The summed E-state index contributed by atoms with van der Waals surface area (Å²) >= 11 is 2.99. The zero-order chi connectivity index (χ0) is 22.8. The van der Waals surface area contributed by atoms with Gasteiger partial charge < -0.3 is 4.90 Å². The monoisotopic (exact) mass is 475 g/mol. The molecule has 0 N–H and O–H groups in total. The second kappa shape index (κ2) is 9.53. The quantitative estimate of drug-likeness (QED) is 0.274. The normalized spacial score (nSPS) is 12.8. The molecule has 7 heteroatoms. The predicted octanol–water partition coefficient (Wildman–Crippen LogP) is 5.14. The van der Waals surface area contributed by atoms with Crippen molar-refractivity contribution in [3.8, 4) is 0 Å². The van der Waals surface area contributed by atoms with Gasteiger partial charge >= 0.3 is 0 Å². The fraction of sp³-hybridized carbons (Fsp3) is 0.269. The van der Waals surface area contributed by atoms with Crippen molar-refractivity contribution in [1.29, 1.82) is 0 Å². The lowest BCUT2D eigenvalue weighted by molar-refractivity contribution is -0.116. The molecule has 0 spiro atoms. The lowest BCUT2D eigenvalue weighted by atomic mass is 10.2. The molecular formula is C26H25N3O2S2. The number of hydrogen-bond donors (Lipinski definition) is 0. The molecule has 5 nitrogen and oxygen atoms in total. The minimum absolute atomic E-state index is 0.00276. The molecule has 2 aromatic heterocycles. The molecule has 0 saturated carbocycles. The van der Waals surface area contributed by atoms with Gasteiger partial charge in [-0.2, -0.15) is 0 Å². The maximum absolute atomic E-state index is 13.7. The first-order chi connectivity index (χ1) is 16.2. The average Bonchev–Trinajstić information content (AvgIpc) is 3.43. The van der Waals surface area contributed by atoms with Gasteiger partial charge in [0.25, 0.3) is 5.56 Å². The minimum atomic E-state index is 0.00276. The number of hydrogen-bond acceptors (Lipinski definition) is 5. The Morgan fingerprint density at radius 2 is 1.82 bits per heavy atom. The third kappa shape index (κ3) is 4.35. The molecule has 4 aromatic rings. The third-order valence-corrected chi connectivity index (χ3v) is 8.13. The van der Waals surface area contributed by atoms with Crippen molar-refractivity contribution >= 4 is 44.9 Å². The van der Waals surface area contributed by atoms with E-state index in [-0.39, 0.29) is 17.2 Å². The zero-order valence-electron chi connectivity index (χ0n) is 18.5. The number of aryl methyl sites for hydroxylation is 2. The van der Waals surface area contributed by atoms with E-state index in [9.17, 15) is 9.59 Å². The highest BCUT2D eigenvalue weighted by atomic mass is 32.2. The Bertz CT molecular complexity index is 1350. The number of nitrogens with zero attached hydrogens (tertiary/aromatic N) is 3. The summed E-state index contributed by atoms with van der Waals surface area (Å²) in [6.45, 7) is 3.00. The molecule has 168 valence electrons. The highest BCUT2D eigenvalue weighted by Gasteiger charge is 2.24. The number of thiophene rings is 1. The molecule has 1 aliphatic rings. The molecule has 0 unspecified atom stereocenters. The van der Waals surface area contributed by atoms with Crippen LogP contribution in [0.4, 0.5) is 5.69 Å². The molecule has 2 aromatic carbocycles. The number of carbonyl (C=O) groups excluding carboxylic acids is 1. The minimum Gasteiger partial charge on any atom is -0.312 e. The number of thioether (sulfide) groups is 1. The molecular weight excluding hydrogens is 450 g/mol. The fourth-order valence-corrected chi connectivity index (χ4v) is 6.57. The molecule has 0 bridgehead atoms. The Morgan fingerprint density at radius 1 is 1.09 bits per heavy atom. The third-order valence-electron chi connectivity index (χ3n) is 5.98. The molecule has 0 saturated heterocycles.